The molecule has 3 atom stereocenters. The van der Waals surface area contributed by atoms with Gasteiger partial charge in [0.25, 0.3) is 0 Å². The van der Waals surface area contributed by atoms with Crippen molar-refractivity contribution in [2.24, 2.45) is 17.3 Å². The second-order valence-electron chi connectivity index (χ2n) is 7.16. The average Bonchev–Trinajstić information content (AvgIpc) is 2.45. The molecule has 3 aliphatic carbocycles. The molecule has 4 nitrogen and oxygen atoms in total. The van der Waals surface area contributed by atoms with E-state index in [2.05, 4.69) is 26.0 Å². The van der Waals surface area contributed by atoms with Crippen LogP contribution >= 0.6 is 0 Å². The third kappa shape index (κ3) is 3.85. The number of nitriles is 1. The second-order valence-corrected chi connectivity index (χ2v) is 7.16. The highest BCUT2D eigenvalue weighted by molar-refractivity contribution is 5.23. The first-order chi connectivity index (χ1) is 9.95. The van der Waals surface area contributed by atoms with E-state index in [1.807, 2.05) is 11.9 Å². The first-order valence-electron chi connectivity index (χ1n) is 7.95. The number of hydrogen-bond donors (Lipinski definition) is 1. The average molecular weight is 292 g/mol. The van der Waals surface area contributed by atoms with Crippen LogP contribution < -0.4 is 0 Å². The van der Waals surface area contributed by atoms with Crippen LogP contribution in [0.15, 0.2) is 11.6 Å². The van der Waals surface area contributed by atoms with Crippen LogP contribution in [0.2, 0.25) is 0 Å². The van der Waals surface area contributed by atoms with Crippen molar-refractivity contribution in [2.75, 3.05) is 33.4 Å². The molecule has 1 saturated carbocycles. The van der Waals surface area contributed by atoms with Gasteiger partial charge in [0.2, 0.25) is 0 Å². The number of hydrogen-bond acceptors (Lipinski definition) is 4. The zero-order valence-corrected chi connectivity index (χ0v) is 13.5. The Morgan fingerprint density at radius 1 is 1.57 bits per heavy atom. The van der Waals surface area contributed by atoms with E-state index in [1.165, 1.54) is 18.4 Å². The van der Waals surface area contributed by atoms with E-state index < -0.39 is 6.10 Å². The van der Waals surface area contributed by atoms with Crippen molar-refractivity contribution >= 4 is 0 Å². The smallest absolute Gasteiger partial charge is 0.0900 e. The molecule has 1 fully saturated rings. The molecular weight excluding hydrogens is 264 g/mol. The standard InChI is InChI=1S/C17H28N2O2/c1-17(2)14-6-5-13(16(17)9-14)11-21-12-15(20)10-19(3)8-4-7-18/h5,14-16,20H,4,6,8-12H2,1-3H3. The number of nitrogens with zero attached hydrogens (tertiary/aromatic N) is 2. The Morgan fingerprint density at radius 2 is 2.33 bits per heavy atom. The van der Waals surface area contributed by atoms with E-state index >= 15 is 0 Å². The van der Waals surface area contributed by atoms with Crippen LogP contribution in [-0.4, -0.2) is 49.5 Å². The van der Waals surface area contributed by atoms with Gasteiger partial charge in [-0.2, -0.15) is 5.26 Å². The molecule has 3 rings (SSSR count). The van der Waals surface area contributed by atoms with Crippen molar-refractivity contribution in [3.63, 3.8) is 0 Å². The molecule has 0 aliphatic heterocycles. The summed E-state index contributed by atoms with van der Waals surface area (Å²) >= 11 is 0. The summed E-state index contributed by atoms with van der Waals surface area (Å²) in [6, 6.07) is 2.11. The molecule has 1 N–H and O–H groups in total. The van der Waals surface area contributed by atoms with Crippen molar-refractivity contribution in [3.05, 3.63) is 11.6 Å². The molecule has 0 spiro atoms. The van der Waals surface area contributed by atoms with Crippen LogP contribution in [0, 0.1) is 28.6 Å². The minimum atomic E-state index is -0.486. The number of likely N-dealkylation sites (N-methyl/N-ethyl adjacent to an activating group) is 1. The normalized spacial score (nSPS) is 27.7. The molecule has 0 amide bonds. The minimum absolute atomic E-state index is 0.366. The van der Waals surface area contributed by atoms with Crippen molar-refractivity contribution in [1.82, 2.24) is 4.90 Å². The SMILES string of the molecule is CN(CCC#N)CC(O)COCC1=CCC2CC1C2(C)C. The monoisotopic (exact) mass is 292 g/mol. The third-order valence-electron chi connectivity index (χ3n) is 5.29. The Labute approximate surface area is 128 Å². The molecule has 118 valence electrons. The second kappa shape index (κ2) is 6.91. The fourth-order valence-electron chi connectivity index (χ4n) is 3.70. The molecule has 21 heavy (non-hydrogen) atoms. The lowest BCUT2D eigenvalue weighted by Gasteiger charge is -2.56. The lowest BCUT2D eigenvalue weighted by Crippen LogP contribution is -2.48. The zero-order valence-electron chi connectivity index (χ0n) is 13.5. The summed E-state index contributed by atoms with van der Waals surface area (Å²) in [6.07, 6.45) is 4.84. The molecule has 0 heterocycles. The highest BCUT2D eigenvalue weighted by Gasteiger charge is 2.50. The summed E-state index contributed by atoms with van der Waals surface area (Å²) in [6.45, 7) is 6.98. The van der Waals surface area contributed by atoms with Gasteiger partial charge in [-0.15, -0.1) is 0 Å². The van der Waals surface area contributed by atoms with Crippen LogP contribution in [0.1, 0.15) is 33.1 Å². The third-order valence-corrected chi connectivity index (χ3v) is 5.29. The lowest BCUT2D eigenvalue weighted by molar-refractivity contribution is -0.0255. The van der Waals surface area contributed by atoms with E-state index in [-0.39, 0.29) is 0 Å². The van der Waals surface area contributed by atoms with Crippen LogP contribution in [0.3, 0.4) is 0 Å². The Balaban J connectivity index is 1.66. The molecular formula is C17H28N2O2. The largest absolute Gasteiger partial charge is 0.389 e. The number of rotatable bonds is 8. The van der Waals surface area contributed by atoms with Crippen molar-refractivity contribution in [2.45, 2.75) is 39.2 Å². The van der Waals surface area contributed by atoms with E-state index in [0.29, 0.717) is 44.1 Å². The highest BCUT2D eigenvalue weighted by Crippen LogP contribution is 2.59. The zero-order chi connectivity index (χ0) is 15.5. The summed E-state index contributed by atoms with van der Waals surface area (Å²) < 4.78 is 5.72. The number of aliphatic hydroxyl groups is 1. The van der Waals surface area contributed by atoms with Crippen molar-refractivity contribution < 1.29 is 9.84 Å². The Kier molecular flexibility index (Phi) is 5.43. The molecule has 3 unspecified atom stereocenters. The van der Waals surface area contributed by atoms with Gasteiger partial charge in [-0.25, -0.2) is 0 Å². The maximum Gasteiger partial charge on any atom is 0.0900 e. The molecule has 0 aromatic rings. The minimum Gasteiger partial charge on any atom is -0.389 e. The lowest BCUT2D eigenvalue weighted by atomic mass is 9.49. The van der Waals surface area contributed by atoms with Crippen molar-refractivity contribution in [3.8, 4) is 6.07 Å². The van der Waals surface area contributed by atoms with Crippen LogP contribution in [0.4, 0.5) is 0 Å². The number of allylic oxidation sites excluding steroid dienone is 1. The van der Waals surface area contributed by atoms with Gasteiger partial charge >= 0.3 is 0 Å². The van der Waals surface area contributed by atoms with Crippen molar-refractivity contribution in [1.29, 1.82) is 5.26 Å². The van der Waals surface area contributed by atoms with E-state index in [1.54, 1.807) is 0 Å². The summed E-state index contributed by atoms with van der Waals surface area (Å²) in [5.41, 5.74) is 1.86. The quantitative estimate of drug-likeness (QED) is 0.697. The maximum absolute atomic E-state index is 9.96. The van der Waals surface area contributed by atoms with Gasteiger partial charge in [-0.05, 0) is 42.7 Å². The predicted molar refractivity (Wildman–Crippen MR) is 82.6 cm³/mol. The van der Waals surface area contributed by atoms with Crippen LogP contribution in [-0.2, 0) is 4.74 Å². The first-order valence-corrected chi connectivity index (χ1v) is 7.95. The van der Waals surface area contributed by atoms with Gasteiger partial charge in [0.15, 0.2) is 0 Å². The number of aliphatic hydroxyl groups excluding tert-OH is 1. The van der Waals surface area contributed by atoms with Gasteiger partial charge in [0, 0.05) is 19.5 Å². The molecule has 3 aliphatic rings. The summed E-state index contributed by atoms with van der Waals surface area (Å²) in [4.78, 5) is 1.97. The topological polar surface area (TPSA) is 56.5 Å². The fraction of sp³-hybridized carbons (Fsp3) is 0.824. The van der Waals surface area contributed by atoms with Gasteiger partial charge in [-0.3, -0.25) is 0 Å². The van der Waals surface area contributed by atoms with E-state index in [9.17, 15) is 5.11 Å². The Morgan fingerprint density at radius 3 is 2.95 bits per heavy atom. The molecule has 0 saturated heterocycles. The fourth-order valence-corrected chi connectivity index (χ4v) is 3.70. The molecule has 4 heteroatoms. The van der Waals surface area contributed by atoms with E-state index in [0.717, 1.165) is 5.92 Å². The van der Waals surface area contributed by atoms with Crippen LogP contribution in [0.5, 0.6) is 0 Å². The molecule has 2 bridgehead atoms. The molecule has 0 aromatic carbocycles. The maximum atomic E-state index is 9.96. The first kappa shape index (κ1) is 16.5. The Hall–Kier alpha value is -0.890. The Bertz CT molecular complexity index is 425. The summed E-state index contributed by atoms with van der Waals surface area (Å²) in [5.74, 6) is 1.53. The summed E-state index contributed by atoms with van der Waals surface area (Å²) in [5, 5.41) is 18.5. The number of ether oxygens (including phenoxy) is 1. The molecule has 0 radical (unpaired) electrons. The van der Waals surface area contributed by atoms with Gasteiger partial charge < -0.3 is 14.7 Å². The van der Waals surface area contributed by atoms with Gasteiger partial charge in [-0.1, -0.05) is 19.9 Å². The van der Waals surface area contributed by atoms with Gasteiger partial charge in [0.1, 0.15) is 0 Å². The van der Waals surface area contributed by atoms with Gasteiger partial charge in [0.05, 0.1) is 25.4 Å². The van der Waals surface area contributed by atoms with E-state index in [4.69, 9.17) is 10.00 Å². The number of fused-ring (bicyclic) bond motifs is 1. The summed E-state index contributed by atoms with van der Waals surface area (Å²) in [7, 11) is 1.92. The highest BCUT2D eigenvalue weighted by atomic mass is 16.5. The van der Waals surface area contributed by atoms with Crippen LogP contribution in [0.25, 0.3) is 0 Å². The molecule has 0 aromatic heterocycles. The predicted octanol–water partition coefficient (Wildman–Crippen LogP) is 2.20.